The zero-order chi connectivity index (χ0) is 14.7. The monoisotopic (exact) mass is 321 g/mol. The van der Waals surface area contributed by atoms with Crippen molar-refractivity contribution in [2.45, 2.75) is 11.5 Å². The summed E-state index contributed by atoms with van der Waals surface area (Å²) in [4.78, 5) is 5.25. The van der Waals surface area contributed by atoms with E-state index >= 15 is 0 Å². The van der Waals surface area contributed by atoms with Crippen LogP contribution in [-0.2, 0) is 22.3 Å². The van der Waals surface area contributed by atoms with Gasteiger partial charge in [0.25, 0.3) is 0 Å². The summed E-state index contributed by atoms with van der Waals surface area (Å²) in [5, 5.41) is 1.94. The highest BCUT2D eigenvalue weighted by Crippen LogP contribution is 2.24. The normalized spacial score (nSPS) is 12.4. The molecule has 0 aliphatic heterocycles. The largest absolute Gasteiger partial charge is 0.444 e. The zero-order valence-electron chi connectivity index (χ0n) is 11.0. The molecule has 0 saturated heterocycles. The first kappa shape index (κ1) is 14.2. The second-order valence-electron chi connectivity index (χ2n) is 4.44. The second kappa shape index (κ2) is 6.32. The predicted molar refractivity (Wildman–Crippen MR) is 81.8 cm³/mol. The smallest absolute Gasteiger partial charge is 0.236 e. The van der Waals surface area contributed by atoms with Crippen LogP contribution in [0.25, 0.3) is 10.8 Å². The van der Waals surface area contributed by atoms with Gasteiger partial charge in [-0.2, -0.15) is 0 Å². The Morgan fingerprint density at radius 1 is 1.19 bits per heavy atom. The number of oxazole rings is 1. The van der Waals surface area contributed by atoms with Crippen LogP contribution < -0.4 is 0 Å². The Morgan fingerprint density at radius 2 is 2.05 bits per heavy atom. The highest BCUT2D eigenvalue weighted by atomic mass is 32.2. The minimum Gasteiger partial charge on any atom is -0.444 e. The maximum atomic E-state index is 13.5. The Bertz CT molecular complexity index is 753. The van der Waals surface area contributed by atoms with Crippen molar-refractivity contribution in [2.75, 3.05) is 0 Å². The van der Waals surface area contributed by atoms with Gasteiger partial charge in [0, 0.05) is 16.4 Å². The van der Waals surface area contributed by atoms with Crippen molar-refractivity contribution in [3.05, 3.63) is 65.1 Å². The Kier molecular flexibility index (Phi) is 4.26. The zero-order valence-corrected chi connectivity index (χ0v) is 12.6. The topological polar surface area (TPSA) is 43.1 Å². The number of aromatic nitrogens is 1. The van der Waals surface area contributed by atoms with Crippen LogP contribution in [0.15, 0.2) is 52.5 Å². The first-order chi connectivity index (χ1) is 10.2. The molecular formula is C15H12FNO2S2. The molecule has 2 heterocycles. The second-order valence-corrected chi connectivity index (χ2v) is 6.85. The Hall–Kier alpha value is -1.79. The number of halogens is 1. The number of thiophene rings is 1. The van der Waals surface area contributed by atoms with Gasteiger partial charge in [-0.1, -0.05) is 24.3 Å². The number of nitrogens with zero attached hydrogens (tertiary/aromatic N) is 1. The van der Waals surface area contributed by atoms with E-state index in [2.05, 4.69) is 4.98 Å². The fourth-order valence-corrected chi connectivity index (χ4v) is 3.69. The Balaban J connectivity index is 1.67. The van der Waals surface area contributed by atoms with Crippen molar-refractivity contribution in [3.8, 4) is 10.8 Å². The SMILES string of the molecule is O=S(Cc1coc(-c2cccs2)n1)Cc1ccccc1F. The quantitative estimate of drug-likeness (QED) is 0.713. The number of hydrogen-bond acceptors (Lipinski definition) is 4. The van der Waals surface area contributed by atoms with Crippen LogP contribution in [0.3, 0.4) is 0 Å². The highest BCUT2D eigenvalue weighted by Gasteiger charge is 2.12. The number of rotatable bonds is 5. The summed E-state index contributed by atoms with van der Waals surface area (Å²) >= 11 is 1.53. The van der Waals surface area contributed by atoms with Crippen LogP contribution >= 0.6 is 11.3 Å². The maximum absolute atomic E-state index is 13.5. The van der Waals surface area contributed by atoms with Crippen LogP contribution in [-0.4, -0.2) is 9.19 Å². The van der Waals surface area contributed by atoms with Crippen LogP contribution in [0.4, 0.5) is 4.39 Å². The summed E-state index contributed by atoms with van der Waals surface area (Å²) in [7, 11) is -1.22. The third kappa shape index (κ3) is 3.46. The van der Waals surface area contributed by atoms with Crippen molar-refractivity contribution in [1.82, 2.24) is 4.98 Å². The molecule has 0 radical (unpaired) electrons. The average molecular weight is 321 g/mol. The minimum absolute atomic E-state index is 0.174. The lowest BCUT2D eigenvalue weighted by Gasteiger charge is -2.01. The van der Waals surface area contributed by atoms with Gasteiger partial charge >= 0.3 is 0 Å². The summed E-state index contributed by atoms with van der Waals surface area (Å²) in [5.74, 6) is 0.630. The fraction of sp³-hybridized carbons (Fsp3) is 0.133. The molecule has 0 aliphatic rings. The molecule has 0 amide bonds. The molecule has 1 atom stereocenters. The maximum Gasteiger partial charge on any atom is 0.236 e. The summed E-state index contributed by atoms with van der Waals surface area (Å²) in [6.07, 6.45) is 1.51. The van der Waals surface area contributed by atoms with Crippen molar-refractivity contribution in [3.63, 3.8) is 0 Å². The number of benzene rings is 1. The molecule has 108 valence electrons. The van der Waals surface area contributed by atoms with Crippen LogP contribution in [0, 0.1) is 5.82 Å². The molecule has 2 aromatic heterocycles. The van der Waals surface area contributed by atoms with Gasteiger partial charge in [0.05, 0.1) is 22.1 Å². The van der Waals surface area contributed by atoms with Crippen molar-refractivity contribution >= 4 is 22.1 Å². The summed E-state index contributed by atoms with van der Waals surface area (Å²) in [6.45, 7) is 0. The van der Waals surface area contributed by atoms with Crippen molar-refractivity contribution in [2.24, 2.45) is 0 Å². The van der Waals surface area contributed by atoms with E-state index in [1.807, 2.05) is 17.5 Å². The van der Waals surface area contributed by atoms with Gasteiger partial charge in [0.1, 0.15) is 12.1 Å². The molecular weight excluding hydrogens is 309 g/mol. The summed E-state index contributed by atoms with van der Waals surface area (Å²) in [5.41, 5.74) is 1.07. The van der Waals surface area contributed by atoms with Crippen LogP contribution in [0.2, 0.25) is 0 Å². The minimum atomic E-state index is -1.22. The molecule has 0 aliphatic carbocycles. The summed E-state index contributed by atoms with van der Waals surface area (Å²) in [6, 6.07) is 10.2. The van der Waals surface area contributed by atoms with E-state index in [4.69, 9.17) is 4.42 Å². The van der Waals surface area contributed by atoms with Gasteiger partial charge in [-0.05, 0) is 17.5 Å². The molecule has 21 heavy (non-hydrogen) atoms. The lowest BCUT2D eigenvalue weighted by molar-refractivity contribution is 0.574. The van der Waals surface area contributed by atoms with Gasteiger partial charge in [-0.25, -0.2) is 9.37 Å². The van der Waals surface area contributed by atoms with Crippen LogP contribution in [0.5, 0.6) is 0 Å². The van der Waals surface area contributed by atoms with E-state index in [1.165, 1.54) is 23.7 Å². The Labute approximate surface area is 127 Å². The summed E-state index contributed by atoms with van der Waals surface area (Å²) < 4.78 is 31.0. The molecule has 0 spiro atoms. The molecule has 0 saturated carbocycles. The first-order valence-corrected chi connectivity index (χ1v) is 8.66. The third-order valence-corrected chi connectivity index (χ3v) is 4.98. The molecule has 0 fully saturated rings. The first-order valence-electron chi connectivity index (χ1n) is 6.29. The van der Waals surface area contributed by atoms with Crippen molar-refractivity contribution < 1.29 is 13.0 Å². The molecule has 0 bridgehead atoms. The lowest BCUT2D eigenvalue weighted by atomic mass is 10.2. The van der Waals surface area contributed by atoms with E-state index in [-0.39, 0.29) is 17.3 Å². The number of hydrogen-bond donors (Lipinski definition) is 0. The fourth-order valence-electron chi connectivity index (χ4n) is 1.89. The lowest BCUT2D eigenvalue weighted by Crippen LogP contribution is -2.01. The van der Waals surface area contributed by atoms with Crippen molar-refractivity contribution in [1.29, 1.82) is 0 Å². The highest BCUT2D eigenvalue weighted by molar-refractivity contribution is 7.83. The molecule has 1 aromatic carbocycles. The molecule has 3 rings (SSSR count). The van der Waals surface area contributed by atoms with Gasteiger partial charge < -0.3 is 4.42 Å². The third-order valence-electron chi connectivity index (χ3n) is 2.87. The standard InChI is InChI=1S/C15H12FNO2S2/c16-13-5-2-1-4-11(13)9-21(18)10-12-8-19-15(17-12)14-6-3-7-20-14/h1-8H,9-10H2. The molecule has 6 heteroatoms. The van der Waals surface area contributed by atoms with E-state index in [0.717, 1.165) is 4.88 Å². The van der Waals surface area contributed by atoms with E-state index in [0.29, 0.717) is 17.1 Å². The molecule has 1 unspecified atom stereocenters. The van der Waals surface area contributed by atoms with Crippen LogP contribution in [0.1, 0.15) is 11.3 Å². The van der Waals surface area contributed by atoms with E-state index < -0.39 is 10.8 Å². The average Bonchev–Trinajstić information content (AvgIpc) is 3.12. The van der Waals surface area contributed by atoms with Gasteiger partial charge in [-0.15, -0.1) is 11.3 Å². The Morgan fingerprint density at radius 3 is 2.81 bits per heavy atom. The van der Waals surface area contributed by atoms with Gasteiger partial charge in [0.15, 0.2) is 0 Å². The van der Waals surface area contributed by atoms with E-state index in [9.17, 15) is 8.60 Å². The van der Waals surface area contributed by atoms with Gasteiger partial charge in [-0.3, -0.25) is 4.21 Å². The van der Waals surface area contributed by atoms with Gasteiger partial charge in [0.2, 0.25) is 5.89 Å². The molecule has 3 aromatic rings. The molecule has 0 N–H and O–H groups in total. The predicted octanol–water partition coefficient (Wildman–Crippen LogP) is 3.99. The molecule has 3 nitrogen and oxygen atoms in total. The van der Waals surface area contributed by atoms with E-state index in [1.54, 1.807) is 18.2 Å².